The molecule has 3 aromatic rings. The summed E-state index contributed by atoms with van der Waals surface area (Å²) in [5.41, 5.74) is 2.11. The number of epoxide rings is 1. The first-order valence-corrected chi connectivity index (χ1v) is 11.7. The van der Waals surface area contributed by atoms with Crippen LogP contribution < -0.4 is 9.47 Å². The van der Waals surface area contributed by atoms with Crippen molar-refractivity contribution in [3.05, 3.63) is 83.2 Å². The van der Waals surface area contributed by atoms with Crippen LogP contribution in [0.1, 0.15) is 48.8 Å². The summed E-state index contributed by atoms with van der Waals surface area (Å²) in [7, 11) is 1.56. The molecule has 0 amide bonds. The predicted octanol–water partition coefficient (Wildman–Crippen LogP) is 7.20. The van der Waals surface area contributed by atoms with Gasteiger partial charge < -0.3 is 14.2 Å². The molecule has 3 nitrogen and oxygen atoms in total. The molecule has 2 fully saturated rings. The van der Waals surface area contributed by atoms with Crippen molar-refractivity contribution in [3.8, 4) is 22.6 Å². The molecule has 1 aliphatic heterocycles. The molecule has 0 bridgehead atoms. The molecule has 2 aliphatic rings. The zero-order valence-corrected chi connectivity index (χ0v) is 19.0. The van der Waals surface area contributed by atoms with Crippen LogP contribution in [0.25, 0.3) is 11.1 Å². The van der Waals surface area contributed by atoms with Gasteiger partial charge in [0.15, 0.2) is 23.2 Å². The van der Waals surface area contributed by atoms with Gasteiger partial charge in [0, 0.05) is 5.56 Å². The van der Waals surface area contributed by atoms with Crippen molar-refractivity contribution < 1.29 is 27.4 Å². The molecule has 0 spiro atoms. The quantitative estimate of drug-likeness (QED) is 0.344. The van der Waals surface area contributed by atoms with Gasteiger partial charge in [-0.05, 0) is 78.5 Å². The summed E-state index contributed by atoms with van der Waals surface area (Å²) in [6.07, 6.45) is 3.14. The Bertz CT molecular complexity index is 1150. The number of hydrogen-bond acceptors (Lipinski definition) is 3. The van der Waals surface area contributed by atoms with Gasteiger partial charge in [-0.3, -0.25) is 0 Å². The summed E-state index contributed by atoms with van der Waals surface area (Å²) in [6.45, 7) is 1.05. The number of ether oxygens (including phenoxy) is 3. The van der Waals surface area contributed by atoms with E-state index in [2.05, 4.69) is 0 Å². The fourth-order valence-corrected chi connectivity index (χ4v) is 4.80. The van der Waals surface area contributed by atoms with Gasteiger partial charge in [-0.1, -0.05) is 30.3 Å². The van der Waals surface area contributed by atoms with E-state index in [-0.39, 0.29) is 35.1 Å². The Morgan fingerprint density at radius 3 is 2.26 bits per heavy atom. The van der Waals surface area contributed by atoms with Gasteiger partial charge in [0.05, 0.1) is 20.3 Å². The number of benzene rings is 3. The molecule has 1 saturated carbocycles. The Morgan fingerprint density at radius 2 is 1.62 bits per heavy atom. The average molecular weight is 469 g/mol. The molecule has 0 aromatic heterocycles. The topological polar surface area (TPSA) is 31.0 Å². The van der Waals surface area contributed by atoms with Crippen LogP contribution in [-0.2, 0) is 4.74 Å². The highest BCUT2D eigenvalue weighted by molar-refractivity contribution is 5.65. The first kappa shape index (κ1) is 22.8. The maximum atomic E-state index is 15.0. The van der Waals surface area contributed by atoms with Crippen LogP contribution in [0.4, 0.5) is 13.2 Å². The van der Waals surface area contributed by atoms with Crippen LogP contribution in [0.5, 0.6) is 11.5 Å². The van der Waals surface area contributed by atoms with Gasteiger partial charge in [-0.15, -0.1) is 0 Å². The zero-order valence-electron chi connectivity index (χ0n) is 19.0. The first-order chi connectivity index (χ1) is 16.5. The molecule has 34 heavy (non-hydrogen) atoms. The molecule has 178 valence electrons. The summed E-state index contributed by atoms with van der Waals surface area (Å²) in [5.74, 6) is -0.836. The fraction of sp³-hybridized carbons (Fsp3) is 0.357. The summed E-state index contributed by atoms with van der Waals surface area (Å²) in [4.78, 5) is 0. The molecule has 0 radical (unpaired) electrons. The molecule has 3 aromatic carbocycles. The van der Waals surface area contributed by atoms with Gasteiger partial charge in [-0.2, -0.15) is 0 Å². The maximum Gasteiger partial charge on any atom is 0.166 e. The van der Waals surface area contributed by atoms with Crippen molar-refractivity contribution in [1.82, 2.24) is 0 Å². The molecular formula is C28H27F3O3. The minimum atomic E-state index is -0.816. The monoisotopic (exact) mass is 468 g/mol. The first-order valence-electron chi connectivity index (χ1n) is 11.7. The van der Waals surface area contributed by atoms with Crippen LogP contribution >= 0.6 is 0 Å². The standard InChI is InChI=1S/C28H27F3O3/c1-32-21-9-6-19(7-10-21)23-12-11-22(27(30)28(23)31)18-4-2-17(3-5-18)15-33-25-13-8-20(14-24(25)29)26-16-34-26/h6-14,17-18,26H,2-5,15-16H2,1H3. The van der Waals surface area contributed by atoms with Gasteiger partial charge >= 0.3 is 0 Å². The largest absolute Gasteiger partial charge is 0.497 e. The third-order valence-corrected chi connectivity index (χ3v) is 6.94. The van der Waals surface area contributed by atoms with Crippen molar-refractivity contribution in [1.29, 1.82) is 0 Å². The van der Waals surface area contributed by atoms with Crippen molar-refractivity contribution in [2.45, 2.75) is 37.7 Å². The Balaban J connectivity index is 1.19. The highest BCUT2D eigenvalue weighted by atomic mass is 19.2. The van der Waals surface area contributed by atoms with E-state index < -0.39 is 11.6 Å². The van der Waals surface area contributed by atoms with Crippen molar-refractivity contribution >= 4 is 0 Å². The number of hydrogen-bond donors (Lipinski definition) is 0. The van der Waals surface area contributed by atoms with Gasteiger partial charge in [0.1, 0.15) is 11.9 Å². The highest BCUT2D eigenvalue weighted by Gasteiger charge is 2.28. The van der Waals surface area contributed by atoms with Crippen LogP contribution in [0, 0.1) is 23.4 Å². The number of methoxy groups -OCH3 is 1. The molecule has 0 N–H and O–H groups in total. The molecule has 1 atom stereocenters. The second-order valence-corrected chi connectivity index (χ2v) is 9.10. The summed E-state index contributed by atoms with van der Waals surface area (Å²) in [5, 5.41) is 0. The summed E-state index contributed by atoms with van der Waals surface area (Å²) in [6, 6.07) is 15.2. The predicted molar refractivity (Wildman–Crippen MR) is 124 cm³/mol. The van der Waals surface area contributed by atoms with E-state index in [0.717, 1.165) is 31.2 Å². The second-order valence-electron chi connectivity index (χ2n) is 9.10. The molecule has 1 heterocycles. The van der Waals surface area contributed by atoms with E-state index >= 15 is 4.39 Å². The van der Waals surface area contributed by atoms with E-state index in [9.17, 15) is 8.78 Å². The van der Waals surface area contributed by atoms with Crippen molar-refractivity contribution in [3.63, 3.8) is 0 Å². The lowest BCUT2D eigenvalue weighted by Crippen LogP contribution is -2.20. The molecule has 6 heteroatoms. The summed E-state index contributed by atoms with van der Waals surface area (Å²) < 4.78 is 60.3. The molecule has 5 rings (SSSR count). The molecule has 1 saturated heterocycles. The van der Waals surface area contributed by atoms with E-state index in [1.54, 1.807) is 49.6 Å². The average Bonchev–Trinajstić information content (AvgIpc) is 3.71. The molecule has 1 unspecified atom stereocenters. The normalized spacial score (nSPS) is 21.8. The van der Waals surface area contributed by atoms with Gasteiger partial charge in [0.25, 0.3) is 0 Å². The summed E-state index contributed by atoms with van der Waals surface area (Å²) >= 11 is 0. The molecule has 1 aliphatic carbocycles. The van der Waals surface area contributed by atoms with Crippen LogP contribution in [0.3, 0.4) is 0 Å². The van der Waals surface area contributed by atoms with Crippen LogP contribution in [0.15, 0.2) is 54.6 Å². The second kappa shape index (κ2) is 9.71. The Labute approximate surface area is 197 Å². The zero-order chi connectivity index (χ0) is 23.7. The number of rotatable bonds is 7. The lowest BCUT2D eigenvalue weighted by molar-refractivity contribution is 0.193. The Morgan fingerprint density at radius 1 is 0.882 bits per heavy atom. The third kappa shape index (κ3) is 4.78. The SMILES string of the molecule is COc1ccc(-c2ccc(C3CCC(COc4ccc(C5CO5)cc4F)CC3)c(F)c2F)cc1. The van der Waals surface area contributed by atoms with E-state index in [0.29, 0.717) is 30.1 Å². The van der Waals surface area contributed by atoms with Crippen molar-refractivity contribution in [2.75, 3.05) is 20.3 Å². The number of halogens is 3. The fourth-order valence-electron chi connectivity index (χ4n) is 4.80. The van der Waals surface area contributed by atoms with E-state index in [1.165, 1.54) is 6.07 Å². The lowest BCUT2D eigenvalue weighted by atomic mass is 9.78. The van der Waals surface area contributed by atoms with Crippen molar-refractivity contribution in [2.24, 2.45) is 5.92 Å². The lowest BCUT2D eigenvalue weighted by Gasteiger charge is -2.29. The minimum absolute atomic E-state index is 0.00864. The smallest absolute Gasteiger partial charge is 0.166 e. The Kier molecular flexibility index (Phi) is 6.50. The van der Waals surface area contributed by atoms with E-state index in [4.69, 9.17) is 14.2 Å². The Hall–Kier alpha value is -2.99. The molecular weight excluding hydrogens is 441 g/mol. The maximum absolute atomic E-state index is 15.0. The van der Waals surface area contributed by atoms with Crippen LogP contribution in [-0.4, -0.2) is 20.3 Å². The van der Waals surface area contributed by atoms with Gasteiger partial charge in [-0.25, -0.2) is 13.2 Å². The highest BCUT2D eigenvalue weighted by Crippen LogP contribution is 2.39. The minimum Gasteiger partial charge on any atom is -0.497 e. The van der Waals surface area contributed by atoms with Gasteiger partial charge in [0.2, 0.25) is 0 Å². The van der Waals surface area contributed by atoms with Crippen LogP contribution in [0.2, 0.25) is 0 Å². The van der Waals surface area contributed by atoms with E-state index in [1.807, 2.05) is 6.07 Å². The third-order valence-electron chi connectivity index (χ3n) is 6.94.